The summed E-state index contributed by atoms with van der Waals surface area (Å²) in [6, 6.07) is 0. The molecular formula is C10H11F3N2OS. The second-order valence-corrected chi connectivity index (χ2v) is 5.16. The molecule has 1 aliphatic rings. The molecule has 2 unspecified atom stereocenters. The van der Waals surface area contributed by atoms with Crippen LogP contribution in [0.4, 0.5) is 13.2 Å². The third-order valence-electron chi connectivity index (χ3n) is 2.85. The van der Waals surface area contributed by atoms with E-state index < -0.39 is 11.2 Å². The van der Waals surface area contributed by atoms with E-state index in [0.29, 0.717) is 17.9 Å². The predicted octanol–water partition coefficient (Wildman–Crippen LogP) is 2.20. The van der Waals surface area contributed by atoms with Gasteiger partial charge in [-0.25, -0.2) is 4.98 Å². The van der Waals surface area contributed by atoms with Crippen LogP contribution < -0.4 is 5.32 Å². The van der Waals surface area contributed by atoms with E-state index in [9.17, 15) is 18.0 Å². The van der Waals surface area contributed by atoms with E-state index in [4.69, 9.17) is 0 Å². The number of carbonyl (C=O) groups is 1. The Bertz CT molecular complexity index is 429. The maximum Gasteiger partial charge on any atom is 0.443 e. The molecule has 2 rings (SSSR count). The topological polar surface area (TPSA) is 42.0 Å². The van der Waals surface area contributed by atoms with Crippen molar-refractivity contribution >= 4 is 17.1 Å². The van der Waals surface area contributed by atoms with E-state index in [1.54, 1.807) is 0 Å². The molecule has 7 heteroatoms. The van der Waals surface area contributed by atoms with Gasteiger partial charge in [-0.2, -0.15) is 13.2 Å². The lowest BCUT2D eigenvalue weighted by Gasteiger charge is -2.10. The largest absolute Gasteiger partial charge is 0.443 e. The number of aromatic nitrogens is 1. The van der Waals surface area contributed by atoms with Crippen LogP contribution in [0.1, 0.15) is 21.6 Å². The molecule has 0 bridgehead atoms. The molecule has 1 N–H and O–H groups in total. The number of hydrogen-bond donors (Lipinski definition) is 1. The van der Waals surface area contributed by atoms with Gasteiger partial charge in [0.2, 0.25) is 0 Å². The summed E-state index contributed by atoms with van der Waals surface area (Å²) in [6.07, 6.45) is -3.44. The third kappa shape index (κ3) is 2.50. The van der Waals surface area contributed by atoms with Crippen molar-refractivity contribution in [3.8, 4) is 0 Å². The van der Waals surface area contributed by atoms with Gasteiger partial charge in [0.05, 0.1) is 4.88 Å². The van der Waals surface area contributed by atoms with Crippen molar-refractivity contribution < 1.29 is 18.0 Å². The van der Waals surface area contributed by atoms with E-state index in [2.05, 4.69) is 10.3 Å². The van der Waals surface area contributed by atoms with Crippen molar-refractivity contribution in [3.63, 3.8) is 0 Å². The Balaban J connectivity index is 2.18. The Morgan fingerprint density at radius 2 is 2.24 bits per heavy atom. The average molecular weight is 264 g/mol. The number of Topliss-reactive ketones (excluding diaryl/α,β-unsaturated/α-hetero) is 1. The van der Waals surface area contributed by atoms with Crippen molar-refractivity contribution in [2.24, 2.45) is 11.8 Å². The van der Waals surface area contributed by atoms with Gasteiger partial charge >= 0.3 is 6.18 Å². The molecule has 94 valence electrons. The maximum atomic E-state index is 12.3. The number of rotatable bonds is 2. The SMILES string of the molecule is CC1CNCC1C(=O)c1cnc(C(F)(F)F)s1. The summed E-state index contributed by atoms with van der Waals surface area (Å²) in [6.45, 7) is 3.16. The fourth-order valence-corrected chi connectivity index (χ4v) is 2.65. The lowest BCUT2D eigenvalue weighted by atomic mass is 9.93. The van der Waals surface area contributed by atoms with Gasteiger partial charge in [0.1, 0.15) is 0 Å². The van der Waals surface area contributed by atoms with Crippen LogP contribution in [-0.4, -0.2) is 23.9 Å². The quantitative estimate of drug-likeness (QED) is 0.833. The Morgan fingerprint density at radius 3 is 2.71 bits per heavy atom. The Morgan fingerprint density at radius 1 is 1.53 bits per heavy atom. The fraction of sp³-hybridized carbons (Fsp3) is 0.600. The zero-order valence-electron chi connectivity index (χ0n) is 9.04. The maximum absolute atomic E-state index is 12.3. The van der Waals surface area contributed by atoms with Crippen molar-refractivity contribution in [1.82, 2.24) is 10.3 Å². The summed E-state index contributed by atoms with van der Waals surface area (Å²) in [5, 5.41) is 2.09. The molecule has 0 radical (unpaired) electrons. The van der Waals surface area contributed by atoms with Crippen LogP contribution in [0.25, 0.3) is 0 Å². The van der Waals surface area contributed by atoms with E-state index in [-0.39, 0.29) is 22.5 Å². The molecule has 0 saturated carbocycles. The molecule has 1 aromatic heterocycles. The Hall–Kier alpha value is -0.950. The monoisotopic (exact) mass is 264 g/mol. The van der Waals surface area contributed by atoms with Crippen molar-refractivity contribution in [1.29, 1.82) is 0 Å². The number of hydrogen-bond acceptors (Lipinski definition) is 4. The number of thiazole rings is 1. The van der Waals surface area contributed by atoms with Gasteiger partial charge in [0, 0.05) is 18.7 Å². The van der Waals surface area contributed by atoms with Gasteiger partial charge in [-0.15, -0.1) is 11.3 Å². The lowest BCUT2D eigenvalue weighted by molar-refractivity contribution is -0.137. The number of alkyl halides is 3. The van der Waals surface area contributed by atoms with E-state index in [1.807, 2.05) is 6.92 Å². The molecule has 0 amide bonds. The van der Waals surface area contributed by atoms with E-state index in [1.165, 1.54) is 0 Å². The van der Waals surface area contributed by atoms with Gasteiger partial charge in [-0.1, -0.05) is 6.92 Å². The molecule has 1 aliphatic heterocycles. The van der Waals surface area contributed by atoms with E-state index in [0.717, 1.165) is 12.7 Å². The number of nitrogens with one attached hydrogen (secondary N) is 1. The van der Waals surface area contributed by atoms with Gasteiger partial charge in [0.25, 0.3) is 0 Å². The summed E-state index contributed by atoms with van der Waals surface area (Å²) in [5.41, 5.74) is 0. The molecule has 0 aromatic carbocycles. The number of halogens is 3. The molecule has 0 aliphatic carbocycles. The number of ketones is 1. The standard InChI is InChI=1S/C10H11F3N2OS/c1-5-2-14-3-6(5)8(16)7-4-15-9(17-7)10(11,12)13/h4-6,14H,2-3H2,1H3. The van der Waals surface area contributed by atoms with Gasteiger partial charge < -0.3 is 5.32 Å². The van der Waals surface area contributed by atoms with Crippen LogP contribution in [0.15, 0.2) is 6.20 Å². The summed E-state index contributed by atoms with van der Waals surface area (Å²) in [7, 11) is 0. The molecule has 1 aromatic rings. The van der Waals surface area contributed by atoms with Gasteiger partial charge in [0.15, 0.2) is 10.8 Å². The summed E-state index contributed by atoms with van der Waals surface area (Å²) in [4.78, 5) is 15.3. The van der Waals surface area contributed by atoms with Crippen molar-refractivity contribution in [2.75, 3.05) is 13.1 Å². The van der Waals surface area contributed by atoms with Gasteiger partial charge in [-0.3, -0.25) is 4.79 Å². The Kier molecular flexibility index (Phi) is 3.22. The van der Waals surface area contributed by atoms with Crippen LogP contribution in [0.3, 0.4) is 0 Å². The summed E-state index contributed by atoms with van der Waals surface area (Å²) in [5.74, 6) is -0.328. The molecule has 3 nitrogen and oxygen atoms in total. The summed E-state index contributed by atoms with van der Waals surface area (Å²) >= 11 is 0.423. The minimum atomic E-state index is -4.47. The highest BCUT2D eigenvalue weighted by Crippen LogP contribution is 2.34. The second-order valence-electron chi connectivity index (χ2n) is 4.13. The predicted molar refractivity (Wildman–Crippen MR) is 57.0 cm³/mol. The average Bonchev–Trinajstić information content (AvgIpc) is 2.83. The van der Waals surface area contributed by atoms with Crippen LogP contribution in [0.5, 0.6) is 0 Å². The minimum Gasteiger partial charge on any atom is -0.316 e. The molecule has 0 spiro atoms. The van der Waals surface area contributed by atoms with Crippen LogP contribution in [0, 0.1) is 11.8 Å². The molecule has 2 atom stereocenters. The van der Waals surface area contributed by atoms with E-state index >= 15 is 0 Å². The zero-order valence-corrected chi connectivity index (χ0v) is 9.86. The molecule has 17 heavy (non-hydrogen) atoms. The smallest absolute Gasteiger partial charge is 0.316 e. The Labute approximate surface area is 100 Å². The first-order valence-electron chi connectivity index (χ1n) is 5.17. The fourth-order valence-electron chi connectivity index (χ4n) is 1.86. The highest BCUT2D eigenvalue weighted by atomic mass is 32.1. The van der Waals surface area contributed by atoms with Crippen molar-refractivity contribution in [3.05, 3.63) is 16.1 Å². The number of carbonyl (C=O) groups excluding carboxylic acids is 1. The highest BCUT2D eigenvalue weighted by molar-refractivity contribution is 7.13. The molecule has 1 saturated heterocycles. The normalized spacial score (nSPS) is 25.2. The summed E-state index contributed by atoms with van der Waals surface area (Å²) < 4.78 is 37.0. The molecule has 2 heterocycles. The first-order valence-corrected chi connectivity index (χ1v) is 5.99. The zero-order chi connectivity index (χ0) is 12.6. The minimum absolute atomic E-state index is 0.0953. The first-order chi connectivity index (χ1) is 7.89. The first kappa shape index (κ1) is 12.5. The van der Waals surface area contributed by atoms with Crippen LogP contribution in [0.2, 0.25) is 0 Å². The molecular weight excluding hydrogens is 253 g/mol. The third-order valence-corrected chi connectivity index (χ3v) is 3.90. The second kappa shape index (κ2) is 4.38. The molecule has 1 fully saturated rings. The van der Waals surface area contributed by atoms with Gasteiger partial charge in [-0.05, 0) is 12.5 Å². The lowest BCUT2D eigenvalue weighted by Crippen LogP contribution is -2.20. The van der Waals surface area contributed by atoms with Crippen LogP contribution >= 0.6 is 11.3 Å². The van der Waals surface area contributed by atoms with Crippen molar-refractivity contribution in [2.45, 2.75) is 13.1 Å². The highest BCUT2D eigenvalue weighted by Gasteiger charge is 2.37. The number of nitrogens with zero attached hydrogens (tertiary/aromatic N) is 1. The van der Waals surface area contributed by atoms with Crippen LogP contribution in [-0.2, 0) is 6.18 Å².